The van der Waals surface area contributed by atoms with Crippen molar-refractivity contribution in [3.05, 3.63) is 77.5 Å². The van der Waals surface area contributed by atoms with Crippen molar-refractivity contribution < 1.29 is 9.59 Å². The highest BCUT2D eigenvalue weighted by atomic mass is 16.2. The highest BCUT2D eigenvalue weighted by molar-refractivity contribution is 5.94. The van der Waals surface area contributed by atoms with Crippen LogP contribution in [0.1, 0.15) is 70.2 Å². The molecule has 0 fully saturated rings. The van der Waals surface area contributed by atoms with Crippen molar-refractivity contribution in [1.29, 1.82) is 0 Å². The average molecular weight is 489 g/mol. The Bertz CT molecular complexity index is 1150. The summed E-state index contributed by atoms with van der Waals surface area (Å²) in [6.07, 6.45) is 4.03. The minimum absolute atomic E-state index is 0.00731. The third kappa shape index (κ3) is 7.54. The molecule has 6 heteroatoms. The normalized spacial score (nSPS) is 11.4. The molecule has 0 saturated heterocycles. The summed E-state index contributed by atoms with van der Waals surface area (Å²) in [5.41, 5.74) is 3.82. The van der Waals surface area contributed by atoms with E-state index in [0.717, 1.165) is 41.8 Å². The minimum Gasteiger partial charge on any atom is -0.333 e. The van der Waals surface area contributed by atoms with Gasteiger partial charge in [0.25, 0.3) is 0 Å². The summed E-state index contributed by atoms with van der Waals surface area (Å²) >= 11 is 0. The third-order valence-corrected chi connectivity index (χ3v) is 6.28. The predicted molar refractivity (Wildman–Crippen MR) is 146 cm³/mol. The number of hydrogen-bond donors (Lipinski definition) is 1. The SMILES string of the molecule is CCCCCN(CC(=O)Nc1cc(C(C)(C)C)nn1-c1ccccc1C)C(=O)CCc1ccccc1. The number of amides is 2. The highest BCUT2D eigenvalue weighted by Crippen LogP contribution is 2.27. The Labute approximate surface area is 215 Å². The maximum Gasteiger partial charge on any atom is 0.245 e. The van der Waals surface area contributed by atoms with Crippen LogP contribution >= 0.6 is 0 Å². The van der Waals surface area contributed by atoms with Crippen molar-refractivity contribution in [3.63, 3.8) is 0 Å². The Morgan fingerprint density at radius 3 is 2.36 bits per heavy atom. The van der Waals surface area contributed by atoms with Gasteiger partial charge in [0.2, 0.25) is 11.8 Å². The number of carbonyl (C=O) groups is 2. The van der Waals surface area contributed by atoms with E-state index in [-0.39, 0.29) is 23.8 Å². The molecule has 0 saturated carbocycles. The zero-order valence-corrected chi connectivity index (χ0v) is 22.4. The van der Waals surface area contributed by atoms with Gasteiger partial charge in [-0.15, -0.1) is 0 Å². The van der Waals surface area contributed by atoms with Crippen molar-refractivity contribution in [2.45, 2.75) is 72.1 Å². The van der Waals surface area contributed by atoms with E-state index in [9.17, 15) is 9.59 Å². The summed E-state index contributed by atoms with van der Waals surface area (Å²) in [5.74, 6) is 0.409. The number of aromatic nitrogens is 2. The van der Waals surface area contributed by atoms with E-state index in [1.54, 1.807) is 9.58 Å². The van der Waals surface area contributed by atoms with E-state index in [2.05, 4.69) is 33.0 Å². The van der Waals surface area contributed by atoms with Crippen LogP contribution in [0, 0.1) is 6.92 Å². The first-order valence-electron chi connectivity index (χ1n) is 13.0. The van der Waals surface area contributed by atoms with Crippen LogP contribution in [-0.2, 0) is 21.4 Å². The fourth-order valence-corrected chi connectivity index (χ4v) is 4.08. The number of nitrogens with one attached hydrogen (secondary N) is 1. The van der Waals surface area contributed by atoms with Crippen LogP contribution in [0.2, 0.25) is 0 Å². The first kappa shape index (κ1) is 27.2. The van der Waals surface area contributed by atoms with Crippen LogP contribution < -0.4 is 5.32 Å². The lowest BCUT2D eigenvalue weighted by molar-refractivity contribution is -0.134. The molecule has 2 aromatic carbocycles. The quantitative estimate of drug-likeness (QED) is 0.333. The summed E-state index contributed by atoms with van der Waals surface area (Å²) in [4.78, 5) is 28.0. The maximum atomic E-state index is 13.2. The second-order valence-corrected chi connectivity index (χ2v) is 10.4. The van der Waals surface area contributed by atoms with Gasteiger partial charge in [0.1, 0.15) is 5.82 Å². The van der Waals surface area contributed by atoms with Crippen molar-refractivity contribution >= 4 is 17.6 Å². The molecule has 0 atom stereocenters. The lowest BCUT2D eigenvalue weighted by Crippen LogP contribution is -2.39. The van der Waals surface area contributed by atoms with E-state index >= 15 is 0 Å². The van der Waals surface area contributed by atoms with Gasteiger partial charge in [-0.1, -0.05) is 89.1 Å². The Morgan fingerprint density at radius 2 is 1.69 bits per heavy atom. The summed E-state index contributed by atoms with van der Waals surface area (Å²) in [7, 11) is 0. The molecule has 6 nitrogen and oxygen atoms in total. The molecule has 1 heterocycles. The Hall–Kier alpha value is -3.41. The number of hydrogen-bond acceptors (Lipinski definition) is 3. The molecular weight excluding hydrogens is 448 g/mol. The number of anilines is 1. The molecule has 0 aliphatic rings. The van der Waals surface area contributed by atoms with Gasteiger partial charge in [-0.3, -0.25) is 9.59 Å². The van der Waals surface area contributed by atoms with Gasteiger partial charge in [0.15, 0.2) is 0 Å². The molecule has 3 rings (SSSR count). The third-order valence-electron chi connectivity index (χ3n) is 6.28. The van der Waals surface area contributed by atoms with Gasteiger partial charge in [0, 0.05) is 24.4 Å². The van der Waals surface area contributed by atoms with Crippen molar-refractivity contribution in [3.8, 4) is 5.69 Å². The van der Waals surface area contributed by atoms with Crippen LogP contribution in [-0.4, -0.2) is 39.6 Å². The fourth-order valence-electron chi connectivity index (χ4n) is 4.08. The molecule has 2 amide bonds. The van der Waals surface area contributed by atoms with Crippen molar-refractivity contribution in [1.82, 2.24) is 14.7 Å². The lowest BCUT2D eigenvalue weighted by atomic mass is 9.92. The van der Waals surface area contributed by atoms with Gasteiger partial charge < -0.3 is 10.2 Å². The number of unbranched alkanes of at least 4 members (excludes halogenated alkanes) is 2. The maximum absolute atomic E-state index is 13.2. The van der Waals surface area contributed by atoms with E-state index in [1.165, 1.54) is 0 Å². The fraction of sp³-hybridized carbons (Fsp3) is 0.433. The van der Waals surface area contributed by atoms with Crippen LogP contribution in [0.4, 0.5) is 5.82 Å². The number of nitrogens with zero attached hydrogens (tertiary/aromatic N) is 3. The first-order chi connectivity index (χ1) is 17.2. The van der Waals surface area contributed by atoms with Crippen molar-refractivity contribution in [2.75, 3.05) is 18.4 Å². The Morgan fingerprint density at radius 1 is 1.00 bits per heavy atom. The van der Waals surface area contributed by atoms with E-state index in [4.69, 9.17) is 5.10 Å². The second-order valence-electron chi connectivity index (χ2n) is 10.4. The van der Waals surface area contributed by atoms with Crippen LogP contribution in [0.3, 0.4) is 0 Å². The van der Waals surface area contributed by atoms with Gasteiger partial charge in [0.05, 0.1) is 17.9 Å². The molecule has 0 spiro atoms. The topological polar surface area (TPSA) is 67.2 Å². The average Bonchev–Trinajstić information content (AvgIpc) is 3.27. The molecule has 0 unspecified atom stereocenters. The van der Waals surface area contributed by atoms with E-state index in [0.29, 0.717) is 25.2 Å². The molecule has 192 valence electrons. The molecule has 3 aromatic rings. The van der Waals surface area contributed by atoms with Gasteiger partial charge >= 0.3 is 0 Å². The summed E-state index contributed by atoms with van der Waals surface area (Å²) in [5, 5.41) is 7.87. The van der Waals surface area contributed by atoms with Crippen LogP contribution in [0.5, 0.6) is 0 Å². The van der Waals surface area contributed by atoms with Gasteiger partial charge in [-0.05, 0) is 37.0 Å². The van der Waals surface area contributed by atoms with Crippen molar-refractivity contribution in [2.24, 2.45) is 0 Å². The highest BCUT2D eigenvalue weighted by Gasteiger charge is 2.23. The first-order valence-corrected chi connectivity index (χ1v) is 13.0. The smallest absolute Gasteiger partial charge is 0.245 e. The molecule has 0 bridgehead atoms. The van der Waals surface area contributed by atoms with Crippen LogP contribution in [0.25, 0.3) is 5.69 Å². The second kappa shape index (κ2) is 12.5. The molecule has 0 radical (unpaired) electrons. The largest absolute Gasteiger partial charge is 0.333 e. The number of benzene rings is 2. The van der Waals surface area contributed by atoms with Crippen LogP contribution in [0.15, 0.2) is 60.7 Å². The molecule has 36 heavy (non-hydrogen) atoms. The number of para-hydroxylation sites is 1. The van der Waals surface area contributed by atoms with E-state index in [1.807, 2.05) is 67.6 Å². The Kier molecular flexibility index (Phi) is 9.45. The summed E-state index contributed by atoms with van der Waals surface area (Å²) in [6, 6.07) is 19.9. The zero-order chi connectivity index (χ0) is 26.1. The standard InChI is InChI=1S/C30H40N4O2/c1-6-7-13-20-33(29(36)19-18-24-15-9-8-10-16-24)22-28(35)31-27-21-26(30(3,4)5)32-34(27)25-17-12-11-14-23(25)2/h8-12,14-17,21H,6-7,13,18-20,22H2,1-5H3,(H,31,35). The summed E-state index contributed by atoms with van der Waals surface area (Å²) < 4.78 is 1.80. The minimum atomic E-state index is -0.213. The molecule has 0 aliphatic heterocycles. The number of rotatable bonds is 11. The number of carbonyl (C=O) groups excluding carboxylic acids is 2. The zero-order valence-electron chi connectivity index (χ0n) is 22.4. The van der Waals surface area contributed by atoms with E-state index < -0.39 is 0 Å². The Balaban J connectivity index is 1.77. The lowest BCUT2D eigenvalue weighted by Gasteiger charge is -2.22. The monoisotopic (exact) mass is 488 g/mol. The predicted octanol–water partition coefficient (Wildman–Crippen LogP) is 6.07. The molecule has 0 aliphatic carbocycles. The molecular formula is C30H40N4O2. The number of aryl methyl sites for hydroxylation is 2. The molecule has 1 aromatic heterocycles. The van der Waals surface area contributed by atoms with Gasteiger partial charge in [-0.2, -0.15) is 5.10 Å². The summed E-state index contributed by atoms with van der Waals surface area (Å²) in [6.45, 7) is 11.1. The van der Waals surface area contributed by atoms with Gasteiger partial charge in [-0.25, -0.2) is 4.68 Å². The molecule has 1 N–H and O–H groups in total.